The maximum absolute atomic E-state index is 2.23. The van der Waals surface area contributed by atoms with Gasteiger partial charge in [0.25, 0.3) is 0 Å². The molecule has 9 heavy (non-hydrogen) atoms. The van der Waals surface area contributed by atoms with E-state index in [0.717, 1.165) is 0 Å². The van der Waals surface area contributed by atoms with Crippen molar-refractivity contribution in [2.24, 2.45) is 0 Å². The molecule has 0 radical (unpaired) electrons. The van der Waals surface area contributed by atoms with Gasteiger partial charge < -0.3 is 0 Å². The van der Waals surface area contributed by atoms with Gasteiger partial charge in [-0.15, -0.1) is 0 Å². The third-order valence-corrected chi connectivity index (χ3v) is 1.37. The maximum atomic E-state index is 2.23. The first-order chi connectivity index (χ1) is 4.00. The minimum Gasteiger partial charge on any atom is -0.0845 e. The molecular weight excluding hydrogens is 197 g/mol. The van der Waals surface area contributed by atoms with Crippen LogP contribution in [0.25, 0.3) is 0 Å². The summed E-state index contributed by atoms with van der Waals surface area (Å²) in [6.45, 7) is 0. The van der Waals surface area contributed by atoms with Crippen LogP contribution in [-0.4, -0.2) is 0 Å². The molecule has 0 saturated heterocycles. The van der Waals surface area contributed by atoms with Gasteiger partial charge in [0.1, 0.15) is 0 Å². The summed E-state index contributed by atoms with van der Waals surface area (Å²) in [6.07, 6.45) is 14.0. The Bertz CT molecular complexity index is 89.1. The summed E-state index contributed by atoms with van der Waals surface area (Å²) in [5.74, 6) is 0. The largest absolute Gasteiger partial charge is 2.00 e. The van der Waals surface area contributed by atoms with Crippen LogP contribution in [0.5, 0.6) is 0 Å². The zero-order valence-electron chi connectivity index (χ0n) is 5.49. The van der Waals surface area contributed by atoms with E-state index in [1.54, 1.807) is 0 Å². The fraction of sp³-hybridized carbons (Fsp3) is 0.500. The molecular formula is C8H12Ru+2. The molecule has 0 aromatic rings. The van der Waals surface area contributed by atoms with Crippen LogP contribution in [0.1, 0.15) is 25.7 Å². The molecule has 0 saturated carbocycles. The van der Waals surface area contributed by atoms with E-state index in [2.05, 4.69) is 24.3 Å². The van der Waals surface area contributed by atoms with Gasteiger partial charge in [-0.05, 0) is 25.7 Å². The van der Waals surface area contributed by atoms with Gasteiger partial charge >= 0.3 is 19.5 Å². The molecule has 0 aromatic heterocycles. The maximum Gasteiger partial charge on any atom is 2.00 e. The third kappa shape index (κ3) is 4.60. The average Bonchev–Trinajstić information content (AvgIpc) is 1.62. The van der Waals surface area contributed by atoms with Gasteiger partial charge in [0.05, 0.1) is 0 Å². The molecule has 0 aromatic carbocycles. The fourth-order valence-electron chi connectivity index (χ4n) is 0.874. The van der Waals surface area contributed by atoms with E-state index >= 15 is 0 Å². The molecule has 1 rings (SSSR count). The molecule has 0 atom stereocenters. The van der Waals surface area contributed by atoms with Crippen molar-refractivity contribution in [2.75, 3.05) is 0 Å². The van der Waals surface area contributed by atoms with Crippen LogP contribution < -0.4 is 0 Å². The van der Waals surface area contributed by atoms with Crippen molar-refractivity contribution in [3.63, 3.8) is 0 Å². The molecule has 0 bridgehead atoms. The van der Waals surface area contributed by atoms with Gasteiger partial charge in [-0.1, -0.05) is 24.3 Å². The van der Waals surface area contributed by atoms with Gasteiger partial charge in [0, 0.05) is 0 Å². The van der Waals surface area contributed by atoms with Gasteiger partial charge in [-0.2, -0.15) is 0 Å². The first-order valence-electron chi connectivity index (χ1n) is 3.32. The second-order valence-electron chi connectivity index (χ2n) is 2.14. The quantitative estimate of drug-likeness (QED) is 0.538. The number of hydrogen-bond donors (Lipinski definition) is 0. The van der Waals surface area contributed by atoms with Crippen LogP contribution in [0.15, 0.2) is 24.3 Å². The SMILES string of the molecule is C1=C\CCCC\C=C/1.[Ru+2]. The molecule has 1 aliphatic carbocycles. The number of hydrogen-bond acceptors (Lipinski definition) is 0. The molecule has 50 valence electrons. The second kappa shape index (κ2) is 6.23. The summed E-state index contributed by atoms with van der Waals surface area (Å²) in [4.78, 5) is 0. The van der Waals surface area contributed by atoms with E-state index in [1.807, 2.05) is 0 Å². The van der Waals surface area contributed by atoms with E-state index in [1.165, 1.54) is 25.7 Å². The molecule has 0 heterocycles. The van der Waals surface area contributed by atoms with Crippen LogP contribution in [0, 0.1) is 0 Å². The van der Waals surface area contributed by atoms with Gasteiger partial charge in [-0.3, -0.25) is 0 Å². The summed E-state index contributed by atoms with van der Waals surface area (Å²) in [7, 11) is 0. The van der Waals surface area contributed by atoms with Crippen molar-refractivity contribution in [3.05, 3.63) is 24.3 Å². The molecule has 0 fully saturated rings. The summed E-state index contributed by atoms with van der Waals surface area (Å²) in [5, 5.41) is 0. The smallest absolute Gasteiger partial charge is 0.0845 e. The van der Waals surface area contributed by atoms with Crippen LogP contribution in [0.3, 0.4) is 0 Å². The van der Waals surface area contributed by atoms with Crippen molar-refractivity contribution in [2.45, 2.75) is 25.7 Å². The Hall–Kier alpha value is 0.103. The van der Waals surface area contributed by atoms with E-state index in [-0.39, 0.29) is 19.5 Å². The van der Waals surface area contributed by atoms with E-state index in [0.29, 0.717) is 0 Å². The molecule has 1 aliphatic rings. The predicted octanol–water partition coefficient (Wildman–Crippen LogP) is 2.67. The summed E-state index contributed by atoms with van der Waals surface area (Å²) >= 11 is 0. The Balaban J connectivity index is 0.000000640. The second-order valence-corrected chi connectivity index (χ2v) is 2.14. The standard InChI is InChI=1S/C8H12.Ru/c1-2-4-6-8-7-5-3-1;/h1-4H,5-8H2;/q;+2/b3-1-,4-2-;. The molecule has 0 nitrogen and oxygen atoms in total. The summed E-state index contributed by atoms with van der Waals surface area (Å²) in [5.41, 5.74) is 0. The van der Waals surface area contributed by atoms with Gasteiger partial charge in [-0.25, -0.2) is 0 Å². The van der Waals surface area contributed by atoms with Gasteiger partial charge in [0.15, 0.2) is 0 Å². The first-order valence-corrected chi connectivity index (χ1v) is 3.32. The topological polar surface area (TPSA) is 0 Å². The van der Waals surface area contributed by atoms with Crippen molar-refractivity contribution >= 4 is 0 Å². The monoisotopic (exact) mass is 210 g/mol. The van der Waals surface area contributed by atoms with Crippen molar-refractivity contribution in [1.82, 2.24) is 0 Å². The first kappa shape index (κ1) is 9.10. The Labute approximate surface area is 69.8 Å². The predicted molar refractivity (Wildman–Crippen MR) is 36.7 cm³/mol. The average molecular weight is 209 g/mol. The van der Waals surface area contributed by atoms with Gasteiger partial charge in [0.2, 0.25) is 0 Å². The third-order valence-electron chi connectivity index (χ3n) is 1.37. The molecule has 0 spiro atoms. The molecule has 0 amide bonds. The Kier molecular flexibility index (Phi) is 6.30. The summed E-state index contributed by atoms with van der Waals surface area (Å²) in [6, 6.07) is 0. The molecule has 0 N–H and O–H groups in total. The Morgan fingerprint density at radius 1 is 0.778 bits per heavy atom. The summed E-state index contributed by atoms with van der Waals surface area (Å²) < 4.78 is 0. The number of allylic oxidation sites excluding steroid dienone is 4. The Morgan fingerprint density at radius 2 is 1.22 bits per heavy atom. The zero-order chi connectivity index (χ0) is 5.66. The van der Waals surface area contributed by atoms with Crippen LogP contribution in [0.2, 0.25) is 0 Å². The van der Waals surface area contributed by atoms with E-state index in [9.17, 15) is 0 Å². The van der Waals surface area contributed by atoms with Crippen molar-refractivity contribution in [3.8, 4) is 0 Å². The normalized spacial score (nSPS) is 24.9. The van der Waals surface area contributed by atoms with Crippen molar-refractivity contribution in [1.29, 1.82) is 0 Å². The zero-order valence-corrected chi connectivity index (χ0v) is 7.23. The van der Waals surface area contributed by atoms with Crippen LogP contribution in [-0.2, 0) is 19.5 Å². The fourth-order valence-corrected chi connectivity index (χ4v) is 0.874. The molecule has 1 heteroatoms. The van der Waals surface area contributed by atoms with Crippen LogP contribution >= 0.6 is 0 Å². The van der Waals surface area contributed by atoms with E-state index in [4.69, 9.17) is 0 Å². The van der Waals surface area contributed by atoms with Crippen LogP contribution in [0.4, 0.5) is 0 Å². The Morgan fingerprint density at radius 3 is 1.67 bits per heavy atom. The van der Waals surface area contributed by atoms with E-state index < -0.39 is 0 Å². The number of rotatable bonds is 0. The van der Waals surface area contributed by atoms with Crippen molar-refractivity contribution < 1.29 is 19.5 Å². The minimum absolute atomic E-state index is 0. The minimum atomic E-state index is 0. The molecule has 0 unspecified atom stereocenters. The molecule has 0 aliphatic heterocycles.